The Morgan fingerprint density at radius 3 is 2.85 bits per heavy atom. The van der Waals surface area contributed by atoms with Crippen molar-refractivity contribution in [3.8, 4) is 0 Å². The topological polar surface area (TPSA) is 40.6 Å². The predicted molar refractivity (Wildman–Crippen MR) is 80.1 cm³/mol. The summed E-state index contributed by atoms with van der Waals surface area (Å²) in [6.45, 7) is 8.39. The minimum absolute atomic E-state index is 0.401. The van der Waals surface area contributed by atoms with E-state index in [0.717, 1.165) is 64.7 Å². The standard InChI is InChI=1S/C15H24N4O/c1-2-5-17-15(3-1)19-10-8-18(9-11-19)7-4-14-13-16-6-12-20-14/h1-3,5,14,16H,4,6-13H2. The van der Waals surface area contributed by atoms with E-state index < -0.39 is 0 Å². The fourth-order valence-electron chi connectivity index (χ4n) is 2.87. The van der Waals surface area contributed by atoms with Gasteiger partial charge in [0.05, 0.1) is 12.7 Å². The molecule has 0 spiro atoms. The summed E-state index contributed by atoms with van der Waals surface area (Å²) in [6.07, 6.45) is 3.41. The van der Waals surface area contributed by atoms with Gasteiger partial charge < -0.3 is 15.0 Å². The van der Waals surface area contributed by atoms with Crippen LogP contribution in [-0.4, -0.2) is 68.4 Å². The summed E-state index contributed by atoms with van der Waals surface area (Å²) in [6, 6.07) is 6.12. The van der Waals surface area contributed by atoms with Crippen molar-refractivity contribution in [1.29, 1.82) is 0 Å². The monoisotopic (exact) mass is 276 g/mol. The molecule has 0 amide bonds. The summed E-state index contributed by atoms with van der Waals surface area (Å²) >= 11 is 0. The number of aromatic nitrogens is 1. The molecule has 1 unspecified atom stereocenters. The molecule has 110 valence electrons. The van der Waals surface area contributed by atoms with Crippen molar-refractivity contribution in [2.24, 2.45) is 0 Å². The largest absolute Gasteiger partial charge is 0.376 e. The molecule has 1 aromatic rings. The molecule has 3 rings (SSSR count). The van der Waals surface area contributed by atoms with Crippen molar-refractivity contribution >= 4 is 5.82 Å². The maximum atomic E-state index is 5.75. The van der Waals surface area contributed by atoms with Crippen molar-refractivity contribution in [3.05, 3.63) is 24.4 Å². The predicted octanol–water partition coefficient (Wildman–Crippen LogP) is 0.582. The zero-order chi connectivity index (χ0) is 13.6. The molecular weight excluding hydrogens is 252 g/mol. The Bertz CT molecular complexity index is 386. The van der Waals surface area contributed by atoms with E-state index in [1.165, 1.54) is 0 Å². The number of ether oxygens (including phenoxy) is 1. The number of nitrogens with zero attached hydrogens (tertiary/aromatic N) is 3. The molecular formula is C15H24N4O. The molecule has 1 aromatic heterocycles. The van der Waals surface area contributed by atoms with Gasteiger partial charge in [-0.15, -0.1) is 0 Å². The molecule has 2 saturated heterocycles. The lowest BCUT2D eigenvalue weighted by Crippen LogP contribution is -2.48. The van der Waals surface area contributed by atoms with Crippen LogP contribution in [0.2, 0.25) is 0 Å². The third kappa shape index (κ3) is 3.69. The molecule has 2 aliphatic rings. The van der Waals surface area contributed by atoms with Crippen molar-refractivity contribution in [2.75, 3.05) is 57.3 Å². The molecule has 3 heterocycles. The van der Waals surface area contributed by atoms with Crippen molar-refractivity contribution in [1.82, 2.24) is 15.2 Å². The van der Waals surface area contributed by atoms with Crippen molar-refractivity contribution in [2.45, 2.75) is 12.5 Å². The van der Waals surface area contributed by atoms with Crippen LogP contribution in [0.3, 0.4) is 0 Å². The third-order valence-corrected chi connectivity index (χ3v) is 4.12. The fraction of sp³-hybridized carbons (Fsp3) is 0.667. The van der Waals surface area contributed by atoms with Crippen LogP contribution >= 0.6 is 0 Å². The van der Waals surface area contributed by atoms with E-state index >= 15 is 0 Å². The molecule has 0 aromatic carbocycles. The molecule has 5 nitrogen and oxygen atoms in total. The first kappa shape index (κ1) is 13.8. The van der Waals surface area contributed by atoms with E-state index in [9.17, 15) is 0 Å². The Balaban J connectivity index is 1.40. The summed E-state index contributed by atoms with van der Waals surface area (Å²) in [5.41, 5.74) is 0. The average molecular weight is 276 g/mol. The van der Waals surface area contributed by atoms with Crippen LogP contribution < -0.4 is 10.2 Å². The average Bonchev–Trinajstić information content (AvgIpc) is 2.55. The van der Waals surface area contributed by atoms with Gasteiger partial charge in [0.15, 0.2) is 0 Å². The van der Waals surface area contributed by atoms with E-state index in [4.69, 9.17) is 4.74 Å². The third-order valence-electron chi connectivity index (χ3n) is 4.12. The number of piperazine rings is 1. The van der Waals surface area contributed by atoms with Gasteiger partial charge in [0.2, 0.25) is 0 Å². The normalized spacial score (nSPS) is 24.8. The number of hydrogen-bond acceptors (Lipinski definition) is 5. The van der Waals surface area contributed by atoms with Gasteiger partial charge in [-0.05, 0) is 18.6 Å². The molecule has 0 radical (unpaired) electrons. The number of pyridine rings is 1. The van der Waals surface area contributed by atoms with Crippen LogP contribution in [0.15, 0.2) is 24.4 Å². The number of morpholine rings is 1. The lowest BCUT2D eigenvalue weighted by atomic mass is 10.2. The number of rotatable bonds is 4. The van der Waals surface area contributed by atoms with Gasteiger partial charge in [-0.25, -0.2) is 4.98 Å². The molecule has 0 saturated carbocycles. The Labute approximate surface area is 120 Å². The second kappa shape index (κ2) is 7.02. The second-order valence-electron chi connectivity index (χ2n) is 5.50. The lowest BCUT2D eigenvalue weighted by molar-refractivity contribution is 0.0171. The highest BCUT2D eigenvalue weighted by molar-refractivity contribution is 5.38. The summed E-state index contributed by atoms with van der Waals surface area (Å²) in [5.74, 6) is 1.10. The molecule has 0 bridgehead atoms. The van der Waals surface area contributed by atoms with Gasteiger partial charge in [0, 0.05) is 52.0 Å². The first-order chi connectivity index (χ1) is 9.92. The first-order valence-corrected chi connectivity index (χ1v) is 7.62. The highest BCUT2D eigenvalue weighted by Crippen LogP contribution is 2.13. The maximum Gasteiger partial charge on any atom is 0.128 e. The SMILES string of the molecule is c1ccc(N2CCN(CCC3CNCCO3)CC2)nc1. The fourth-order valence-corrected chi connectivity index (χ4v) is 2.87. The highest BCUT2D eigenvalue weighted by Gasteiger charge is 2.19. The zero-order valence-corrected chi connectivity index (χ0v) is 12.0. The van der Waals surface area contributed by atoms with E-state index in [1.54, 1.807) is 0 Å². The van der Waals surface area contributed by atoms with Gasteiger partial charge >= 0.3 is 0 Å². The van der Waals surface area contributed by atoms with Gasteiger partial charge in [0.25, 0.3) is 0 Å². The molecule has 5 heteroatoms. The van der Waals surface area contributed by atoms with E-state index in [1.807, 2.05) is 12.3 Å². The van der Waals surface area contributed by atoms with Crippen LogP contribution in [0.1, 0.15) is 6.42 Å². The minimum atomic E-state index is 0.401. The highest BCUT2D eigenvalue weighted by atomic mass is 16.5. The Morgan fingerprint density at radius 2 is 2.15 bits per heavy atom. The molecule has 1 atom stereocenters. The summed E-state index contributed by atoms with van der Waals surface area (Å²) in [4.78, 5) is 9.34. The molecule has 20 heavy (non-hydrogen) atoms. The van der Waals surface area contributed by atoms with E-state index in [-0.39, 0.29) is 0 Å². The second-order valence-corrected chi connectivity index (χ2v) is 5.50. The number of hydrogen-bond donors (Lipinski definition) is 1. The quantitative estimate of drug-likeness (QED) is 0.871. The van der Waals surface area contributed by atoms with Crippen molar-refractivity contribution < 1.29 is 4.74 Å². The molecule has 2 aliphatic heterocycles. The zero-order valence-electron chi connectivity index (χ0n) is 12.0. The van der Waals surface area contributed by atoms with Gasteiger partial charge in [0.1, 0.15) is 5.82 Å². The molecule has 2 fully saturated rings. The van der Waals surface area contributed by atoms with Crippen molar-refractivity contribution in [3.63, 3.8) is 0 Å². The minimum Gasteiger partial charge on any atom is -0.376 e. The molecule has 0 aliphatic carbocycles. The first-order valence-electron chi connectivity index (χ1n) is 7.62. The summed E-state index contributed by atoms with van der Waals surface area (Å²) < 4.78 is 5.75. The smallest absolute Gasteiger partial charge is 0.128 e. The van der Waals surface area contributed by atoms with Crippen LogP contribution in [0.5, 0.6) is 0 Å². The Morgan fingerprint density at radius 1 is 1.25 bits per heavy atom. The van der Waals surface area contributed by atoms with E-state index in [2.05, 4.69) is 32.2 Å². The Kier molecular flexibility index (Phi) is 4.84. The van der Waals surface area contributed by atoms with Gasteiger partial charge in [-0.2, -0.15) is 0 Å². The van der Waals surface area contributed by atoms with Crippen LogP contribution in [0.4, 0.5) is 5.82 Å². The number of anilines is 1. The van der Waals surface area contributed by atoms with Crippen LogP contribution in [-0.2, 0) is 4.74 Å². The Hall–Kier alpha value is -1.17. The summed E-state index contributed by atoms with van der Waals surface area (Å²) in [5, 5.41) is 3.39. The maximum absolute atomic E-state index is 5.75. The number of nitrogens with one attached hydrogen (secondary N) is 1. The van der Waals surface area contributed by atoms with E-state index in [0.29, 0.717) is 6.10 Å². The van der Waals surface area contributed by atoms with Crippen LogP contribution in [0.25, 0.3) is 0 Å². The summed E-state index contributed by atoms with van der Waals surface area (Å²) in [7, 11) is 0. The molecule has 1 N–H and O–H groups in total. The van der Waals surface area contributed by atoms with Crippen LogP contribution in [0, 0.1) is 0 Å². The lowest BCUT2D eigenvalue weighted by Gasteiger charge is -2.36. The van der Waals surface area contributed by atoms with Gasteiger partial charge in [-0.1, -0.05) is 6.07 Å². The van der Waals surface area contributed by atoms with Gasteiger partial charge in [-0.3, -0.25) is 4.90 Å².